The van der Waals surface area contributed by atoms with Crippen molar-refractivity contribution in [2.75, 3.05) is 26.2 Å². The Morgan fingerprint density at radius 1 is 1.06 bits per heavy atom. The molecule has 0 amide bonds. The molecule has 2 rings (SSSR count). The minimum absolute atomic E-state index is 0.237. The number of piperazine rings is 1. The quantitative estimate of drug-likeness (QED) is 0.885. The Morgan fingerprint density at radius 3 is 2.22 bits per heavy atom. The summed E-state index contributed by atoms with van der Waals surface area (Å²) >= 11 is 0. The molecule has 3 heteroatoms. The molecular formula is C15H24N2O. The molecule has 1 aliphatic heterocycles. The summed E-state index contributed by atoms with van der Waals surface area (Å²) in [5, 5.41) is 3.39. The lowest BCUT2D eigenvalue weighted by atomic mass is 10.1. The molecule has 1 aliphatic rings. The van der Waals surface area contributed by atoms with Gasteiger partial charge in [0, 0.05) is 32.2 Å². The number of ether oxygens (including phenoxy) is 1. The predicted octanol–water partition coefficient (Wildman–Crippen LogP) is 2.44. The highest BCUT2D eigenvalue weighted by Gasteiger charge is 2.17. The normalized spacial score (nSPS) is 18.9. The van der Waals surface area contributed by atoms with Gasteiger partial charge in [-0.25, -0.2) is 0 Å². The van der Waals surface area contributed by atoms with Crippen molar-refractivity contribution < 1.29 is 4.74 Å². The van der Waals surface area contributed by atoms with Gasteiger partial charge in [0.2, 0.25) is 0 Å². The van der Waals surface area contributed by atoms with Crippen LogP contribution in [0.1, 0.15) is 32.4 Å². The third-order valence-electron chi connectivity index (χ3n) is 3.43. The first kappa shape index (κ1) is 13.4. The number of benzene rings is 1. The van der Waals surface area contributed by atoms with Crippen molar-refractivity contribution in [2.24, 2.45) is 0 Å². The van der Waals surface area contributed by atoms with E-state index in [1.54, 1.807) is 0 Å². The predicted molar refractivity (Wildman–Crippen MR) is 75.1 cm³/mol. The van der Waals surface area contributed by atoms with Gasteiger partial charge in [-0.3, -0.25) is 4.90 Å². The minimum atomic E-state index is 0.237. The van der Waals surface area contributed by atoms with Crippen LogP contribution >= 0.6 is 0 Å². The largest absolute Gasteiger partial charge is 0.491 e. The maximum absolute atomic E-state index is 5.67. The fraction of sp³-hybridized carbons (Fsp3) is 0.600. The Balaban J connectivity index is 1.99. The van der Waals surface area contributed by atoms with E-state index in [-0.39, 0.29) is 6.10 Å². The highest BCUT2D eigenvalue weighted by molar-refractivity contribution is 5.29. The first-order chi connectivity index (χ1) is 8.66. The molecule has 0 radical (unpaired) electrons. The molecule has 0 aliphatic carbocycles. The van der Waals surface area contributed by atoms with Crippen molar-refractivity contribution >= 4 is 0 Å². The molecule has 0 spiro atoms. The van der Waals surface area contributed by atoms with Gasteiger partial charge < -0.3 is 10.1 Å². The van der Waals surface area contributed by atoms with Crippen LogP contribution in [0, 0.1) is 0 Å². The van der Waals surface area contributed by atoms with Gasteiger partial charge in [-0.05, 0) is 38.5 Å². The third-order valence-corrected chi connectivity index (χ3v) is 3.43. The van der Waals surface area contributed by atoms with Crippen LogP contribution in [-0.4, -0.2) is 37.2 Å². The van der Waals surface area contributed by atoms with Crippen LogP contribution in [0.2, 0.25) is 0 Å². The van der Waals surface area contributed by atoms with Crippen LogP contribution in [0.15, 0.2) is 24.3 Å². The minimum Gasteiger partial charge on any atom is -0.491 e. The number of nitrogens with zero attached hydrogens (tertiary/aromatic N) is 1. The topological polar surface area (TPSA) is 24.5 Å². The monoisotopic (exact) mass is 248 g/mol. The van der Waals surface area contributed by atoms with Crippen LogP contribution in [0.25, 0.3) is 0 Å². The zero-order valence-electron chi connectivity index (χ0n) is 11.6. The lowest BCUT2D eigenvalue weighted by Crippen LogP contribution is -2.44. The van der Waals surface area contributed by atoms with Crippen LogP contribution in [0.3, 0.4) is 0 Å². The van der Waals surface area contributed by atoms with Crippen molar-refractivity contribution in [3.63, 3.8) is 0 Å². The molecule has 0 saturated carbocycles. The number of hydrogen-bond donors (Lipinski definition) is 1. The summed E-state index contributed by atoms with van der Waals surface area (Å²) < 4.78 is 5.67. The molecule has 1 aromatic rings. The Kier molecular flexibility index (Phi) is 4.61. The summed E-state index contributed by atoms with van der Waals surface area (Å²) in [4.78, 5) is 2.52. The molecule has 100 valence electrons. The second-order valence-electron chi connectivity index (χ2n) is 5.20. The van der Waals surface area contributed by atoms with Gasteiger partial charge in [0.25, 0.3) is 0 Å². The molecule has 1 saturated heterocycles. The Hall–Kier alpha value is -1.06. The molecule has 1 aromatic carbocycles. The molecule has 3 nitrogen and oxygen atoms in total. The molecule has 0 bridgehead atoms. The van der Waals surface area contributed by atoms with Crippen LogP contribution in [0.5, 0.6) is 5.75 Å². The highest BCUT2D eigenvalue weighted by atomic mass is 16.5. The molecule has 1 fully saturated rings. The van der Waals surface area contributed by atoms with E-state index in [1.807, 2.05) is 0 Å². The van der Waals surface area contributed by atoms with Gasteiger partial charge >= 0.3 is 0 Å². The van der Waals surface area contributed by atoms with Crippen LogP contribution < -0.4 is 10.1 Å². The van der Waals surface area contributed by atoms with Crippen molar-refractivity contribution in [1.29, 1.82) is 0 Å². The molecule has 0 unspecified atom stereocenters. The van der Waals surface area contributed by atoms with E-state index >= 15 is 0 Å². The summed E-state index contributed by atoms with van der Waals surface area (Å²) in [6.45, 7) is 10.8. The van der Waals surface area contributed by atoms with Gasteiger partial charge in [0.1, 0.15) is 5.75 Å². The zero-order chi connectivity index (χ0) is 13.0. The van der Waals surface area contributed by atoms with Crippen molar-refractivity contribution in [2.45, 2.75) is 32.9 Å². The molecule has 1 atom stereocenters. The molecular weight excluding hydrogens is 224 g/mol. The maximum Gasteiger partial charge on any atom is 0.119 e. The molecule has 1 N–H and O–H groups in total. The second-order valence-corrected chi connectivity index (χ2v) is 5.20. The smallest absolute Gasteiger partial charge is 0.119 e. The van der Waals surface area contributed by atoms with E-state index in [4.69, 9.17) is 4.74 Å². The summed E-state index contributed by atoms with van der Waals surface area (Å²) in [5.41, 5.74) is 1.37. The van der Waals surface area contributed by atoms with E-state index < -0.39 is 0 Å². The number of nitrogens with one attached hydrogen (secondary N) is 1. The Bertz CT molecular complexity index is 355. The highest BCUT2D eigenvalue weighted by Crippen LogP contribution is 2.23. The lowest BCUT2D eigenvalue weighted by Gasteiger charge is -2.33. The van der Waals surface area contributed by atoms with Crippen molar-refractivity contribution in [3.8, 4) is 5.75 Å². The van der Waals surface area contributed by atoms with Gasteiger partial charge in [-0.15, -0.1) is 0 Å². The number of hydrogen-bond acceptors (Lipinski definition) is 3. The standard InChI is InChI=1S/C15H24N2O/c1-12(2)18-15-6-4-14(5-7-15)13(3)17-10-8-16-9-11-17/h4-7,12-13,16H,8-11H2,1-3H3/t13-/m0/s1. The summed E-state index contributed by atoms with van der Waals surface area (Å²) in [5.74, 6) is 0.960. The first-order valence-electron chi connectivity index (χ1n) is 6.88. The lowest BCUT2D eigenvalue weighted by molar-refractivity contribution is 0.185. The van der Waals surface area contributed by atoms with Crippen molar-refractivity contribution in [3.05, 3.63) is 29.8 Å². The van der Waals surface area contributed by atoms with Gasteiger partial charge in [-0.1, -0.05) is 12.1 Å². The van der Waals surface area contributed by atoms with E-state index in [2.05, 4.69) is 55.3 Å². The first-order valence-corrected chi connectivity index (χ1v) is 6.88. The second kappa shape index (κ2) is 6.21. The molecule has 18 heavy (non-hydrogen) atoms. The van der Waals surface area contributed by atoms with Gasteiger partial charge in [0.05, 0.1) is 6.10 Å². The summed E-state index contributed by atoms with van der Waals surface area (Å²) in [7, 11) is 0. The van der Waals surface area contributed by atoms with Gasteiger partial charge in [0.15, 0.2) is 0 Å². The summed E-state index contributed by atoms with van der Waals surface area (Å²) in [6, 6.07) is 9.01. The van der Waals surface area contributed by atoms with Crippen LogP contribution in [-0.2, 0) is 0 Å². The molecule has 0 aromatic heterocycles. The Labute approximate surface area is 110 Å². The SMILES string of the molecule is CC(C)Oc1ccc([C@H](C)N2CCNCC2)cc1. The van der Waals surface area contributed by atoms with Crippen molar-refractivity contribution in [1.82, 2.24) is 10.2 Å². The van der Waals surface area contributed by atoms with E-state index in [1.165, 1.54) is 5.56 Å². The number of rotatable bonds is 4. The average Bonchev–Trinajstić information content (AvgIpc) is 2.39. The third kappa shape index (κ3) is 3.47. The fourth-order valence-corrected chi connectivity index (χ4v) is 2.38. The maximum atomic E-state index is 5.67. The molecule has 1 heterocycles. The Morgan fingerprint density at radius 2 is 1.67 bits per heavy atom. The fourth-order valence-electron chi connectivity index (χ4n) is 2.38. The van der Waals surface area contributed by atoms with E-state index in [0.717, 1.165) is 31.9 Å². The summed E-state index contributed by atoms with van der Waals surface area (Å²) in [6.07, 6.45) is 0.237. The van der Waals surface area contributed by atoms with Crippen LogP contribution in [0.4, 0.5) is 0 Å². The zero-order valence-corrected chi connectivity index (χ0v) is 11.6. The van der Waals surface area contributed by atoms with E-state index in [9.17, 15) is 0 Å². The average molecular weight is 248 g/mol. The van der Waals surface area contributed by atoms with Gasteiger partial charge in [-0.2, -0.15) is 0 Å². The van der Waals surface area contributed by atoms with E-state index in [0.29, 0.717) is 6.04 Å².